The van der Waals surface area contributed by atoms with E-state index in [4.69, 9.17) is 18.7 Å². The van der Waals surface area contributed by atoms with Crippen molar-refractivity contribution in [3.8, 4) is 0 Å². The summed E-state index contributed by atoms with van der Waals surface area (Å²) in [6.45, 7) is 6.12. The molecule has 0 saturated heterocycles. The van der Waals surface area contributed by atoms with Gasteiger partial charge in [0.1, 0.15) is 10.5 Å². The molecule has 0 fully saturated rings. The van der Waals surface area contributed by atoms with Gasteiger partial charge in [-0.05, 0) is 19.8 Å². The highest BCUT2D eigenvalue weighted by atomic mass is 28.4. The van der Waals surface area contributed by atoms with Crippen LogP contribution in [0.25, 0.3) is 0 Å². The van der Waals surface area contributed by atoms with Crippen molar-refractivity contribution >= 4 is 19.3 Å². The third-order valence-corrected chi connectivity index (χ3v) is 7.60. The quantitative estimate of drug-likeness (QED) is 0.655. The third-order valence-electron chi connectivity index (χ3n) is 2.76. The molecule has 0 bridgehead atoms. The number of rotatable bonds is 6. The van der Waals surface area contributed by atoms with Crippen molar-refractivity contribution in [3.05, 3.63) is 0 Å². The predicted molar refractivity (Wildman–Crippen MR) is 63.0 cm³/mol. The second-order valence-electron chi connectivity index (χ2n) is 4.22. The summed E-state index contributed by atoms with van der Waals surface area (Å²) in [4.78, 5) is 0. The zero-order valence-corrected chi connectivity index (χ0v) is 13.1. The fourth-order valence-electron chi connectivity index (χ4n) is 1.14. The molecule has 0 heterocycles. The maximum Gasteiger partial charge on any atom is 0.489 e. The summed E-state index contributed by atoms with van der Waals surface area (Å²) >= 11 is 0. The summed E-state index contributed by atoms with van der Waals surface area (Å²) in [5.74, 6) is 0.308. The molecular formula is C8H23NO3Si2. The molecule has 0 saturated carbocycles. The molecule has 0 aromatic heterocycles. The Morgan fingerprint density at radius 1 is 1.36 bits per heavy atom. The normalized spacial score (nSPS) is 15.9. The van der Waals surface area contributed by atoms with Crippen molar-refractivity contribution in [2.75, 3.05) is 14.2 Å². The third kappa shape index (κ3) is 3.80. The Morgan fingerprint density at radius 2 is 1.79 bits per heavy atom. The summed E-state index contributed by atoms with van der Waals surface area (Å²) in [6, 6.07) is 0.771. The van der Waals surface area contributed by atoms with Crippen molar-refractivity contribution < 1.29 is 13.0 Å². The lowest BCUT2D eigenvalue weighted by atomic mass is 9.92. The molecule has 0 amide bonds. The van der Waals surface area contributed by atoms with Crippen molar-refractivity contribution in [2.24, 2.45) is 11.7 Å². The molecule has 86 valence electrons. The molecule has 6 heteroatoms. The molecule has 14 heavy (non-hydrogen) atoms. The highest BCUT2D eigenvalue weighted by Gasteiger charge is 2.41. The Labute approximate surface area is 91.0 Å². The minimum atomic E-state index is -2.41. The fourth-order valence-corrected chi connectivity index (χ4v) is 4.91. The molecule has 4 nitrogen and oxygen atoms in total. The number of hydrogen-bond donors (Lipinski definition) is 1. The van der Waals surface area contributed by atoms with E-state index in [0.717, 1.165) is 6.04 Å². The van der Waals surface area contributed by atoms with Crippen LogP contribution in [-0.2, 0) is 13.0 Å². The first-order valence-electron chi connectivity index (χ1n) is 4.75. The molecule has 0 aliphatic heterocycles. The molecule has 0 aromatic rings. The van der Waals surface area contributed by atoms with E-state index in [1.165, 1.54) is 0 Å². The largest absolute Gasteiger partial charge is 0.489 e. The van der Waals surface area contributed by atoms with Crippen molar-refractivity contribution in [2.45, 2.75) is 32.4 Å². The monoisotopic (exact) mass is 237 g/mol. The summed E-state index contributed by atoms with van der Waals surface area (Å²) in [7, 11) is 1.51. The highest BCUT2D eigenvalue weighted by Crippen LogP contribution is 2.25. The minimum absolute atomic E-state index is 0.227. The van der Waals surface area contributed by atoms with E-state index in [-0.39, 0.29) is 5.54 Å². The van der Waals surface area contributed by atoms with Crippen LogP contribution in [0.5, 0.6) is 0 Å². The van der Waals surface area contributed by atoms with Gasteiger partial charge in [-0.3, -0.25) is 0 Å². The lowest BCUT2D eigenvalue weighted by Crippen LogP contribution is -2.50. The van der Waals surface area contributed by atoms with E-state index in [1.54, 1.807) is 14.2 Å². The summed E-state index contributed by atoms with van der Waals surface area (Å²) in [5.41, 5.74) is 5.79. The van der Waals surface area contributed by atoms with Crippen LogP contribution >= 0.6 is 0 Å². The van der Waals surface area contributed by atoms with E-state index in [9.17, 15) is 0 Å². The number of hydrogen-bond acceptors (Lipinski definition) is 4. The lowest BCUT2D eigenvalue weighted by Gasteiger charge is -2.33. The summed E-state index contributed by atoms with van der Waals surface area (Å²) in [6.07, 6.45) is 0. The van der Waals surface area contributed by atoms with Gasteiger partial charge >= 0.3 is 8.80 Å². The van der Waals surface area contributed by atoms with Gasteiger partial charge in [-0.1, -0.05) is 6.92 Å². The van der Waals surface area contributed by atoms with Crippen LogP contribution in [0.2, 0.25) is 6.04 Å². The Morgan fingerprint density at radius 3 is 2.00 bits per heavy atom. The smallest absolute Gasteiger partial charge is 0.424 e. The van der Waals surface area contributed by atoms with Crippen molar-refractivity contribution in [1.82, 2.24) is 0 Å². The number of nitrogens with two attached hydrogens (primary N) is 1. The second kappa shape index (κ2) is 5.38. The standard InChI is InChI=1S/C8H23NO3Si2/c1-7(8(2,3)9)6-14(10-4,11-5)12-13/h7H,6,9H2,1-5,13H3. The minimum Gasteiger partial charge on any atom is -0.424 e. The first kappa shape index (κ1) is 14.3. The Hall–Kier alpha value is 0.274. The first-order chi connectivity index (χ1) is 6.31. The molecule has 0 aromatic carbocycles. The molecule has 0 aliphatic rings. The van der Waals surface area contributed by atoms with E-state index >= 15 is 0 Å². The van der Waals surface area contributed by atoms with Gasteiger partial charge in [0.15, 0.2) is 0 Å². The molecule has 1 atom stereocenters. The lowest BCUT2D eigenvalue weighted by molar-refractivity contribution is 0.154. The SMILES string of the molecule is CO[Si](CC(C)C(C)(C)N)(OC)O[SiH3]. The second-order valence-corrected chi connectivity index (χ2v) is 8.45. The molecule has 0 rings (SSSR count). The zero-order chi connectivity index (χ0) is 11.4. The van der Waals surface area contributed by atoms with Gasteiger partial charge in [-0.25, -0.2) is 0 Å². The van der Waals surface area contributed by atoms with Crippen LogP contribution < -0.4 is 5.73 Å². The summed E-state index contributed by atoms with van der Waals surface area (Å²) in [5, 5.41) is 0. The maximum absolute atomic E-state index is 6.02. The summed E-state index contributed by atoms with van der Waals surface area (Å²) < 4.78 is 16.2. The Kier molecular flexibility index (Phi) is 5.49. The Balaban J connectivity index is 4.45. The van der Waals surface area contributed by atoms with Crippen LogP contribution in [0.15, 0.2) is 0 Å². The maximum atomic E-state index is 6.02. The van der Waals surface area contributed by atoms with Crippen molar-refractivity contribution in [3.63, 3.8) is 0 Å². The average molecular weight is 237 g/mol. The van der Waals surface area contributed by atoms with Crippen LogP contribution in [0.3, 0.4) is 0 Å². The average Bonchev–Trinajstić information content (AvgIpc) is 2.12. The molecule has 1 unspecified atom stereocenters. The van der Waals surface area contributed by atoms with E-state index < -0.39 is 8.80 Å². The van der Waals surface area contributed by atoms with Gasteiger partial charge in [0, 0.05) is 25.8 Å². The first-order valence-corrected chi connectivity index (χ1v) is 7.50. The molecule has 2 N–H and O–H groups in total. The molecular weight excluding hydrogens is 214 g/mol. The van der Waals surface area contributed by atoms with E-state index in [1.807, 2.05) is 13.8 Å². The van der Waals surface area contributed by atoms with Crippen LogP contribution in [0.4, 0.5) is 0 Å². The van der Waals surface area contributed by atoms with Crippen LogP contribution in [0, 0.1) is 5.92 Å². The Bertz CT molecular complexity index is 160. The molecule has 0 aliphatic carbocycles. The van der Waals surface area contributed by atoms with Gasteiger partial charge in [-0.2, -0.15) is 0 Å². The van der Waals surface area contributed by atoms with E-state index in [0.29, 0.717) is 16.4 Å². The van der Waals surface area contributed by atoms with E-state index in [2.05, 4.69) is 6.92 Å². The molecule has 0 spiro atoms. The van der Waals surface area contributed by atoms with Gasteiger partial charge in [0.25, 0.3) is 0 Å². The molecule has 0 radical (unpaired) electrons. The van der Waals surface area contributed by atoms with Gasteiger partial charge < -0.3 is 18.7 Å². The van der Waals surface area contributed by atoms with Crippen LogP contribution in [0.1, 0.15) is 20.8 Å². The van der Waals surface area contributed by atoms with Gasteiger partial charge in [-0.15, -0.1) is 0 Å². The predicted octanol–water partition coefficient (Wildman–Crippen LogP) is -0.112. The van der Waals surface area contributed by atoms with Crippen molar-refractivity contribution in [1.29, 1.82) is 0 Å². The van der Waals surface area contributed by atoms with Crippen LogP contribution in [-0.4, -0.2) is 39.0 Å². The van der Waals surface area contributed by atoms with Gasteiger partial charge in [0.05, 0.1) is 0 Å². The zero-order valence-electron chi connectivity index (χ0n) is 10.1. The van der Waals surface area contributed by atoms with Gasteiger partial charge in [0.2, 0.25) is 0 Å². The highest BCUT2D eigenvalue weighted by molar-refractivity contribution is 6.63. The fraction of sp³-hybridized carbons (Fsp3) is 1.00. The topological polar surface area (TPSA) is 53.7 Å².